The highest BCUT2D eigenvalue weighted by molar-refractivity contribution is 5.47. The zero-order valence-corrected chi connectivity index (χ0v) is 18.4. The summed E-state index contributed by atoms with van der Waals surface area (Å²) in [5.74, 6) is 0. The molecule has 4 nitrogen and oxygen atoms in total. The molecule has 0 aromatic heterocycles. The van der Waals surface area contributed by atoms with Crippen molar-refractivity contribution in [2.45, 2.75) is 31.0 Å². The Morgan fingerprint density at radius 2 is 0.968 bits per heavy atom. The Morgan fingerprint density at radius 1 is 0.581 bits per heavy atom. The number of nitrogens with zero attached hydrogens (tertiary/aromatic N) is 1. The quantitative estimate of drug-likeness (QED) is 0.363. The normalized spacial score (nSPS) is 15.7. The highest BCUT2D eigenvalue weighted by atomic mass is 16.9. The van der Waals surface area contributed by atoms with Gasteiger partial charge in [-0.1, -0.05) is 97.4 Å². The predicted molar refractivity (Wildman–Crippen MR) is 122 cm³/mol. The second kappa shape index (κ2) is 9.75. The summed E-state index contributed by atoms with van der Waals surface area (Å²) < 4.78 is 19.2. The van der Waals surface area contributed by atoms with Gasteiger partial charge in [-0.2, -0.15) is 0 Å². The van der Waals surface area contributed by atoms with Crippen LogP contribution in [0, 0.1) is 0 Å². The standard InChI is InChI=1S/C27H31NO3/c1-29-27(30-2,28-21-13-6-14-22-28)31-26(23-15-7-3-8-16-23,24-17-9-4-10-18-24)25-19-11-5-12-20-25/h3-5,7-12,15-20H,6,13-14,21-22H2,1-2H3. The van der Waals surface area contributed by atoms with E-state index in [0.29, 0.717) is 0 Å². The van der Waals surface area contributed by atoms with Crippen LogP contribution in [0.4, 0.5) is 0 Å². The summed E-state index contributed by atoms with van der Waals surface area (Å²) in [6.45, 7) is 1.71. The second-order valence-corrected chi connectivity index (χ2v) is 7.86. The van der Waals surface area contributed by atoms with Crippen LogP contribution in [-0.2, 0) is 19.8 Å². The lowest BCUT2D eigenvalue weighted by molar-refractivity contribution is -0.454. The van der Waals surface area contributed by atoms with Crippen molar-refractivity contribution in [1.29, 1.82) is 0 Å². The lowest BCUT2D eigenvalue weighted by atomic mass is 9.80. The van der Waals surface area contributed by atoms with Crippen LogP contribution in [0.25, 0.3) is 0 Å². The van der Waals surface area contributed by atoms with Gasteiger partial charge in [0.15, 0.2) is 5.60 Å². The zero-order valence-electron chi connectivity index (χ0n) is 18.4. The molecule has 1 aliphatic rings. The van der Waals surface area contributed by atoms with Crippen molar-refractivity contribution in [2.24, 2.45) is 0 Å². The molecule has 0 N–H and O–H groups in total. The Bertz CT molecular complexity index is 824. The van der Waals surface area contributed by atoms with Crippen LogP contribution in [0.5, 0.6) is 0 Å². The summed E-state index contributed by atoms with van der Waals surface area (Å²) in [5.41, 5.74) is 2.13. The minimum atomic E-state index is -1.32. The number of rotatable bonds is 8. The van der Waals surface area contributed by atoms with Gasteiger partial charge in [-0.15, -0.1) is 0 Å². The maximum absolute atomic E-state index is 7.10. The van der Waals surface area contributed by atoms with Gasteiger partial charge in [-0.05, 0) is 29.5 Å². The van der Waals surface area contributed by atoms with Crippen LogP contribution in [0.3, 0.4) is 0 Å². The largest absolute Gasteiger partial charge is 0.354 e. The molecule has 0 aliphatic carbocycles. The maximum atomic E-state index is 7.10. The third-order valence-corrected chi connectivity index (χ3v) is 6.08. The zero-order chi connectivity index (χ0) is 21.6. The van der Waals surface area contributed by atoms with Crippen LogP contribution in [0.1, 0.15) is 36.0 Å². The Kier molecular flexibility index (Phi) is 6.83. The van der Waals surface area contributed by atoms with Crippen molar-refractivity contribution in [3.8, 4) is 0 Å². The van der Waals surface area contributed by atoms with Crippen molar-refractivity contribution in [2.75, 3.05) is 27.3 Å². The maximum Gasteiger partial charge on any atom is 0.354 e. The molecular formula is C27H31NO3. The van der Waals surface area contributed by atoms with Gasteiger partial charge < -0.3 is 9.47 Å². The molecule has 3 aromatic rings. The van der Waals surface area contributed by atoms with Crippen LogP contribution in [-0.4, -0.2) is 38.3 Å². The summed E-state index contributed by atoms with van der Waals surface area (Å²) >= 11 is 0. The van der Waals surface area contributed by atoms with Crippen molar-refractivity contribution >= 4 is 0 Å². The van der Waals surface area contributed by atoms with E-state index in [-0.39, 0.29) is 0 Å². The SMILES string of the molecule is COC(OC)(OC(c1ccccc1)(c1ccccc1)c1ccccc1)N1CCCCC1. The van der Waals surface area contributed by atoms with E-state index in [0.717, 1.165) is 42.6 Å². The Hall–Kier alpha value is -2.50. The Balaban J connectivity index is 1.95. The lowest BCUT2D eigenvalue weighted by Gasteiger charge is -2.48. The lowest BCUT2D eigenvalue weighted by Crippen LogP contribution is -2.59. The molecule has 162 valence electrons. The first-order chi connectivity index (χ1) is 15.2. The van der Waals surface area contributed by atoms with Crippen molar-refractivity contribution in [1.82, 2.24) is 4.90 Å². The molecule has 1 aliphatic heterocycles. The molecule has 0 spiro atoms. The monoisotopic (exact) mass is 417 g/mol. The molecule has 1 fully saturated rings. The summed E-state index contributed by atoms with van der Waals surface area (Å²) in [7, 11) is 3.31. The molecule has 4 rings (SSSR count). The molecule has 0 saturated carbocycles. The Labute approximate surface area is 185 Å². The highest BCUT2D eigenvalue weighted by Gasteiger charge is 2.50. The number of hydrogen-bond donors (Lipinski definition) is 0. The van der Waals surface area contributed by atoms with E-state index >= 15 is 0 Å². The van der Waals surface area contributed by atoms with Crippen LogP contribution < -0.4 is 0 Å². The van der Waals surface area contributed by atoms with E-state index in [1.54, 1.807) is 14.2 Å². The average molecular weight is 418 g/mol. The third-order valence-electron chi connectivity index (χ3n) is 6.08. The first-order valence-corrected chi connectivity index (χ1v) is 11.0. The summed E-state index contributed by atoms with van der Waals surface area (Å²) in [6.07, 6.45) is 2.07. The van der Waals surface area contributed by atoms with Crippen molar-refractivity contribution in [3.63, 3.8) is 0 Å². The van der Waals surface area contributed by atoms with E-state index in [4.69, 9.17) is 14.2 Å². The number of likely N-dealkylation sites (tertiary alicyclic amines) is 1. The average Bonchev–Trinajstić information content (AvgIpc) is 2.87. The fraction of sp³-hybridized carbons (Fsp3) is 0.333. The smallest absolute Gasteiger partial charge is 0.317 e. The van der Waals surface area contributed by atoms with Gasteiger partial charge in [0.1, 0.15) is 0 Å². The molecule has 1 heterocycles. The van der Waals surface area contributed by atoms with Gasteiger partial charge in [-0.3, -0.25) is 4.74 Å². The van der Waals surface area contributed by atoms with E-state index in [9.17, 15) is 0 Å². The number of ether oxygens (including phenoxy) is 3. The summed E-state index contributed by atoms with van der Waals surface area (Å²) in [5, 5.41) is 0. The number of hydrogen-bond acceptors (Lipinski definition) is 4. The molecule has 0 radical (unpaired) electrons. The summed E-state index contributed by atoms with van der Waals surface area (Å²) in [4.78, 5) is 2.17. The number of methoxy groups -OCH3 is 2. The van der Waals surface area contributed by atoms with Gasteiger partial charge in [-0.25, -0.2) is 4.90 Å². The molecule has 3 aromatic carbocycles. The van der Waals surface area contributed by atoms with E-state index in [1.807, 2.05) is 54.6 Å². The molecule has 31 heavy (non-hydrogen) atoms. The first kappa shape index (κ1) is 21.7. The fourth-order valence-corrected chi connectivity index (χ4v) is 4.55. The third kappa shape index (κ3) is 4.17. The highest BCUT2D eigenvalue weighted by Crippen LogP contribution is 2.44. The molecule has 1 saturated heterocycles. The van der Waals surface area contributed by atoms with Crippen molar-refractivity contribution in [3.05, 3.63) is 108 Å². The predicted octanol–water partition coefficient (Wildman–Crippen LogP) is 5.39. The number of piperidine rings is 1. The van der Waals surface area contributed by atoms with Gasteiger partial charge >= 0.3 is 6.10 Å². The minimum absolute atomic E-state index is 0.857. The molecular weight excluding hydrogens is 386 g/mol. The van der Waals surface area contributed by atoms with Gasteiger partial charge in [0.25, 0.3) is 0 Å². The Morgan fingerprint density at radius 3 is 1.32 bits per heavy atom. The minimum Gasteiger partial charge on any atom is -0.317 e. The van der Waals surface area contributed by atoms with Gasteiger partial charge in [0.05, 0.1) is 0 Å². The van der Waals surface area contributed by atoms with Crippen molar-refractivity contribution < 1.29 is 14.2 Å². The van der Waals surface area contributed by atoms with Crippen LogP contribution in [0.2, 0.25) is 0 Å². The van der Waals surface area contributed by atoms with E-state index in [2.05, 4.69) is 41.3 Å². The van der Waals surface area contributed by atoms with Crippen LogP contribution in [0.15, 0.2) is 91.0 Å². The molecule has 0 amide bonds. The fourth-order valence-electron chi connectivity index (χ4n) is 4.55. The molecule has 0 unspecified atom stereocenters. The van der Waals surface area contributed by atoms with Gasteiger partial charge in [0, 0.05) is 27.3 Å². The number of benzene rings is 3. The second-order valence-electron chi connectivity index (χ2n) is 7.86. The molecule has 0 bridgehead atoms. The first-order valence-electron chi connectivity index (χ1n) is 11.0. The molecule has 0 atom stereocenters. The summed E-state index contributed by atoms with van der Waals surface area (Å²) in [6, 6.07) is 30.9. The van der Waals surface area contributed by atoms with E-state index in [1.165, 1.54) is 6.42 Å². The van der Waals surface area contributed by atoms with Crippen LogP contribution >= 0.6 is 0 Å². The molecule has 4 heteroatoms. The van der Waals surface area contributed by atoms with Gasteiger partial charge in [0.2, 0.25) is 0 Å². The van der Waals surface area contributed by atoms with E-state index < -0.39 is 11.7 Å². The topological polar surface area (TPSA) is 30.9 Å².